The molecule has 17 heavy (non-hydrogen) atoms. The number of aliphatic carboxylic acids is 1. The molecule has 0 aromatic rings. The van der Waals surface area contributed by atoms with E-state index >= 15 is 0 Å². The predicted molar refractivity (Wildman–Crippen MR) is 61.9 cm³/mol. The molecule has 0 fully saturated rings. The van der Waals surface area contributed by atoms with Gasteiger partial charge in [-0.3, -0.25) is 4.79 Å². The van der Waals surface area contributed by atoms with Crippen molar-refractivity contribution in [2.45, 2.75) is 26.3 Å². The van der Waals surface area contributed by atoms with Crippen LogP contribution in [0.15, 0.2) is 0 Å². The molecule has 0 aromatic heterocycles. The Kier molecular flexibility index (Phi) is 6.11. The number of amides is 1. The number of carboxylic acid groups (broad SMARTS) is 1. The molecule has 7 nitrogen and oxygen atoms in total. The third kappa shape index (κ3) is 5.14. The molecule has 0 aliphatic rings. The van der Waals surface area contributed by atoms with Crippen LogP contribution in [0.3, 0.4) is 0 Å². The second-order valence-corrected chi connectivity index (χ2v) is 5.89. The third-order valence-corrected chi connectivity index (χ3v) is 4.06. The van der Waals surface area contributed by atoms with Gasteiger partial charge in [0.2, 0.25) is 15.9 Å². The SMILES string of the molecule is CCC(NC(=O)CN(C)S(=O)(=O)CC)C(=O)O. The van der Waals surface area contributed by atoms with Crippen molar-refractivity contribution < 1.29 is 23.1 Å². The molecule has 2 N–H and O–H groups in total. The van der Waals surface area contributed by atoms with E-state index in [0.29, 0.717) is 0 Å². The molecule has 1 atom stereocenters. The summed E-state index contributed by atoms with van der Waals surface area (Å²) in [4.78, 5) is 22.1. The van der Waals surface area contributed by atoms with Crippen LogP contribution in [0.25, 0.3) is 0 Å². The summed E-state index contributed by atoms with van der Waals surface area (Å²) in [5, 5.41) is 11.0. The van der Waals surface area contributed by atoms with Crippen LogP contribution in [-0.2, 0) is 19.6 Å². The van der Waals surface area contributed by atoms with Gasteiger partial charge in [-0.15, -0.1) is 0 Å². The largest absolute Gasteiger partial charge is 0.480 e. The van der Waals surface area contributed by atoms with Gasteiger partial charge in [-0.2, -0.15) is 4.31 Å². The number of hydrogen-bond donors (Lipinski definition) is 2. The lowest BCUT2D eigenvalue weighted by Crippen LogP contribution is -2.45. The molecule has 0 aromatic carbocycles. The Balaban J connectivity index is 4.42. The monoisotopic (exact) mass is 266 g/mol. The molecule has 0 bridgehead atoms. The van der Waals surface area contributed by atoms with Crippen LogP contribution in [0.4, 0.5) is 0 Å². The number of sulfonamides is 1. The lowest BCUT2D eigenvalue weighted by Gasteiger charge is -2.17. The maximum Gasteiger partial charge on any atom is 0.326 e. The summed E-state index contributed by atoms with van der Waals surface area (Å²) in [6.45, 7) is 2.71. The van der Waals surface area contributed by atoms with E-state index in [0.717, 1.165) is 4.31 Å². The smallest absolute Gasteiger partial charge is 0.326 e. The average molecular weight is 266 g/mol. The lowest BCUT2D eigenvalue weighted by molar-refractivity contribution is -0.141. The molecule has 1 unspecified atom stereocenters. The van der Waals surface area contributed by atoms with Gasteiger partial charge in [-0.05, 0) is 13.3 Å². The molecule has 100 valence electrons. The molecular weight excluding hydrogens is 248 g/mol. The number of hydrogen-bond acceptors (Lipinski definition) is 4. The maximum atomic E-state index is 11.4. The van der Waals surface area contributed by atoms with Crippen molar-refractivity contribution in [1.29, 1.82) is 0 Å². The van der Waals surface area contributed by atoms with E-state index in [1.165, 1.54) is 14.0 Å². The first-order valence-electron chi connectivity index (χ1n) is 5.20. The number of nitrogens with one attached hydrogen (secondary N) is 1. The van der Waals surface area contributed by atoms with Crippen molar-refractivity contribution in [3.8, 4) is 0 Å². The Labute approximate surface area is 101 Å². The van der Waals surface area contributed by atoms with E-state index in [4.69, 9.17) is 5.11 Å². The summed E-state index contributed by atoms with van der Waals surface area (Å²) in [6.07, 6.45) is 0.241. The molecule has 1 amide bonds. The maximum absolute atomic E-state index is 11.4. The highest BCUT2D eigenvalue weighted by molar-refractivity contribution is 7.89. The molecule has 0 aliphatic carbocycles. The first kappa shape index (κ1) is 15.9. The molecular formula is C9H18N2O5S. The fourth-order valence-corrected chi connectivity index (χ4v) is 1.85. The van der Waals surface area contributed by atoms with E-state index in [1.54, 1.807) is 6.92 Å². The standard InChI is InChI=1S/C9H18N2O5S/c1-4-7(9(13)14)10-8(12)6-11(3)17(15,16)5-2/h7H,4-6H2,1-3H3,(H,10,12)(H,13,14). The van der Waals surface area contributed by atoms with Gasteiger partial charge < -0.3 is 10.4 Å². The number of carbonyl (C=O) groups excluding carboxylic acids is 1. The number of likely N-dealkylation sites (N-methyl/N-ethyl adjacent to an activating group) is 1. The summed E-state index contributed by atoms with van der Waals surface area (Å²) >= 11 is 0. The van der Waals surface area contributed by atoms with E-state index < -0.39 is 27.9 Å². The second-order valence-electron chi connectivity index (χ2n) is 3.52. The molecule has 0 heterocycles. The van der Waals surface area contributed by atoms with Gasteiger partial charge in [0.15, 0.2) is 0 Å². The summed E-state index contributed by atoms with van der Waals surface area (Å²) in [5.74, 6) is -1.87. The van der Waals surface area contributed by atoms with Gasteiger partial charge in [0.25, 0.3) is 0 Å². The minimum Gasteiger partial charge on any atom is -0.480 e. The molecule has 0 rings (SSSR count). The molecule has 8 heteroatoms. The first-order chi connectivity index (χ1) is 7.74. The zero-order valence-electron chi connectivity index (χ0n) is 10.1. The Morgan fingerprint density at radius 2 is 1.88 bits per heavy atom. The van der Waals surface area contributed by atoms with Crippen molar-refractivity contribution in [3.05, 3.63) is 0 Å². The summed E-state index contributed by atoms with van der Waals surface area (Å²) in [6, 6.07) is -0.986. The summed E-state index contributed by atoms with van der Waals surface area (Å²) in [7, 11) is -2.15. The molecule has 0 radical (unpaired) electrons. The van der Waals surface area contributed by atoms with Crippen LogP contribution in [0.5, 0.6) is 0 Å². The number of nitrogens with zero attached hydrogens (tertiary/aromatic N) is 1. The van der Waals surface area contributed by atoms with E-state index in [-0.39, 0.29) is 18.7 Å². The number of carbonyl (C=O) groups is 2. The van der Waals surface area contributed by atoms with Crippen LogP contribution in [0, 0.1) is 0 Å². The van der Waals surface area contributed by atoms with Crippen molar-refractivity contribution >= 4 is 21.9 Å². The quantitative estimate of drug-likeness (QED) is 0.631. The first-order valence-corrected chi connectivity index (χ1v) is 6.81. The van der Waals surface area contributed by atoms with Gasteiger partial charge in [0.05, 0.1) is 12.3 Å². The van der Waals surface area contributed by atoms with Gasteiger partial charge >= 0.3 is 5.97 Å². The van der Waals surface area contributed by atoms with Crippen LogP contribution in [0.1, 0.15) is 20.3 Å². The normalized spacial score (nSPS) is 13.4. The predicted octanol–water partition coefficient (Wildman–Crippen LogP) is -0.753. The van der Waals surface area contributed by atoms with Crippen LogP contribution in [0.2, 0.25) is 0 Å². The zero-order chi connectivity index (χ0) is 13.6. The molecule has 0 aliphatic heterocycles. The third-order valence-electron chi connectivity index (χ3n) is 2.25. The fraction of sp³-hybridized carbons (Fsp3) is 0.778. The summed E-state index contributed by atoms with van der Waals surface area (Å²) < 4.78 is 23.6. The van der Waals surface area contributed by atoms with Gasteiger partial charge in [0, 0.05) is 7.05 Å². The van der Waals surface area contributed by atoms with Crippen LogP contribution < -0.4 is 5.32 Å². The average Bonchev–Trinajstić information content (AvgIpc) is 2.25. The van der Waals surface area contributed by atoms with Gasteiger partial charge in [-0.1, -0.05) is 6.92 Å². The zero-order valence-corrected chi connectivity index (χ0v) is 11.0. The Hall–Kier alpha value is -1.15. The molecule has 0 saturated carbocycles. The molecule has 0 saturated heterocycles. The Morgan fingerprint density at radius 1 is 1.35 bits per heavy atom. The highest BCUT2D eigenvalue weighted by Crippen LogP contribution is 1.97. The topological polar surface area (TPSA) is 104 Å². The fourth-order valence-electron chi connectivity index (χ4n) is 1.10. The minimum atomic E-state index is -3.43. The van der Waals surface area contributed by atoms with Crippen molar-refractivity contribution in [3.63, 3.8) is 0 Å². The highest BCUT2D eigenvalue weighted by Gasteiger charge is 2.22. The Bertz CT molecular complexity index is 379. The van der Waals surface area contributed by atoms with E-state index in [9.17, 15) is 18.0 Å². The van der Waals surface area contributed by atoms with Crippen molar-refractivity contribution in [2.75, 3.05) is 19.3 Å². The van der Waals surface area contributed by atoms with Gasteiger partial charge in [0.1, 0.15) is 6.04 Å². The van der Waals surface area contributed by atoms with Gasteiger partial charge in [-0.25, -0.2) is 13.2 Å². The van der Waals surface area contributed by atoms with Crippen molar-refractivity contribution in [2.24, 2.45) is 0 Å². The van der Waals surface area contributed by atoms with E-state index in [2.05, 4.69) is 5.32 Å². The number of rotatable bonds is 7. The van der Waals surface area contributed by atoms with E-state index in [1.807, 2.05) is 0 Å². The number of carboxylic acids is 1. The van der Waals surface area contributed by atoms with Crippen LogP contribution in [-0.4, -0.2) is 55.1 Å². The summed E-state index contributed by atoms with van der Waals surface area (Å²) in [5.41, 5.74) is 0. The van der Waals surface area contributed by atoms with Crippen molar-refractivity contribution in [1.82, 2.24) is 9.62 Å². The van der Waals surface area contributed by atoms with Crippen LogP contribution >= 0.6 is 0 Å². The molecule has 0 spiro atoms. The second kappa shape index (κ2) is 6.55. The highest BCUT2D eigenvalue weighted by atomic mass is 32.2. The lowest BCUT2D eigenvalue weighted by atomic mass is 10.2. The Morgan fingerprint density at radius 3 is 2.24 bits per heavy atom. The minimum absolute atomic E-state index is 0.104.